The van der Waals surface area contributed by atoms with Gasteiger partial charge >= 0.3 is 0 Å². The normalized spacial score (nSPS) is 14.4. The van der Waals surface area contributed by atoms with Crippen LogP contribution in [0.25, 0.3) is 11.5 Å². The van der Waals surface area contributed by atoms with Crippen molar-refractivity contribution >= 4 is 17.5 Å². The van der Waals surface area contributed by atoms with Gasteiger partial charge in [-0.05, 0) is 37.9 Å². The molecule has 134 valence electrons. The van der Waals surface area contributed by atoms with Gasteiger partial charge in [0, 0.05) is 13.1 Å². The topological polar surface area (TPSA) is 62.5 Å². The molecule has 0 aliphatic carbocycles. The van der Waals surface area contributed by atoms with E-state index in [0.717, 1.165) is 44.5 Å². The number of rotatable bonds is 7. The van der Waals surface area contributed by atoms with E-state index in [2.05, 4.69) is 22.0 Å². The number of carbonyl (C=O) groups excluding carboxylic acids is 1. The highest BCUT2D eigenvalue weighted by Crippen LogP contribution is 2.26. The van der Waals surface area contributed by atoms with Crippen LogP contribution in [0.5, 0.6) is 0 Å². The fraction of sp³-hybridized carbons (Fsp3) is 0.500. The molecule has 1 fully saturated rings. The number of aromatic nitrogens is 2. The van der Waals surface area contributed by atoms with Crippen molar-refractivity contribution in [3.63, 3.8) is 0 Å². The van der Waals surface area contributed by atoms with Gasteiger partial charge in [-0.2, -0.15) is 0 Å². The maximum Gasteiger partial charge on any atom is 0.249 e. The van der Waals surface area contributed by atoms with Crippen molar-refractivity contribution in [1.29, 1.82) is 0 Å². The Bertz CT molecular complexity index is 713. The minimum Gasteiger partial charge on any atom is -0.419 e. The van der Waals surface area contributed by atoms with Gasteiger partial charge in [-0.3, -0.25) is 9.69 Å². The first-order valence-corrected chi connectivity index (χ1v) is 9.12. The summed E-state index contributed by atoms with van der Waals surface area (Å²) in [5.74, 6) is 1.08. The first-order chi connectivity index (χ1) is 12.2. The van der Waals surface area contributed by atoms with Crippen LogP contribution in [0.4, 0.5) is 0 Å². The molecule has 3 rings (SSSR count). The number of hydrogen-bond acceptors (Lipinski definition) is 5. The molecular weight excluding hydrogens is 340 g/mol. The zero-order valence-electron chi connectivity index (χ0n) is 14.4. The average molecular weight is 363 g/mol. The molecule has 6 nitrogen and oxygen atoms in total. The molecule has 1 aliphatic rings. The van der Waals surface area contributed by atoms with E-state index in [0.29, 0.717) is 29.9 Å². The van der Waals surface area contributed by atoms with Crippen molar-refractivity contribution < 1.29 is 9.21 Å². The third-order valence-electron chi connectivity index (χ3n) is 4.29. The minimum atomic E-state index is 0.178. The van der Waals surface area contributed by atoms with Crippen LogP contribution in [-0.4, -0.2) is 52.1 Å². The highest BCUT2D eigenvalue weighted by atomic mass is 35.5. The summed E-state index contributed by atoms with van der Waals surface area (Å²) in [5.41, 5.74) is 0.720. The van der Waals surface area contributed by atoms with Gasteiger partial charge in [0.2, 0.25) is 17.7 Å². The minimum absolute atomic E-state index is 0.178. The molecule has 0 atom stereocenters. The summed E-state index contributed by atoms with van der Waals surface area (Å²) < 4.78 is 5.76. The lowest BCUT2D eigenvalue weighted by atomic mass is 10.2. The van der Waals surface area contributed by atoms with Gasteiger partial charge in [0.15, 0.2) is 0 Å². The zero-order chi connectivity index (χ0) is 17.6. The van der Waals surface area contributed by atoms with Gasteiger partial charge in [0.25, 0.3) is 0 Å². The summed E-state index contributed by atoms with van der Waals surface area (Å²) in [6.07, 6.45) is 3.16. The van der Waals surface area contributed by atoms with Gasteiger partial charge in [-0.25, -0.2) is 0 Å². The van der Waals surface area contributed by atoms with Crippen molar-refractivity contribution in [2.45, 2.75) is 32.7 Å². The molecule has 1 amide bonds. The smallest absolute Gasteiger partial charge is 0.249 e. The molecule has 0 saturated carbocycles. The van der Waals surface area contributed by atoms with Crippen LogP contribution in [0.2, 0.25) is 5.02 Å². The number of benzene rings is 1. The van der Waals surface area contributed by atoms with E-state index in [1.54, 1.807) is 6.07 Å². The predicted molar refractivity (Wildman–Crippen MR) is 96.1 cm³/mol. The van der Waals surface area contributed by atoms with Crippen LogP contribution in [0.15, 0.2) is 28.7 Å². The summed E-state index contributed by atoms with van der Waals surface area (Å²) in [6, 6.07) is 7.37. The lowest BCUT2D eigenvalue weighted by Gasteiger charge is -2.23. The fourth-order valence-corrected chi connectivity index (χ4v) is 3.26. The molecule has 7 heteroatoms. The monoisotopic (exact) mass is 362 g/mol. The van der Waals surface area contributed by atoms with E-state index in [9.17, 15) is 4.79 Å². The summed E-state index contributed by atoms with van der Waals surface area (Å²) in [7, 11) is 0. The zero-order valence-corrected chi connectivity index (χ0v) is 15.2. The predicted octanol–water partition coefficient (Wildman–Crippen LogP) is 3.22. The Labute approximate surface area is 152 Å². The van der Waals surface area contributed by atoms with E-state index < -0.39 is 0 Å². The molecule has 25 heavy (non-hydrogen) atoms. The second-order valence-corrected chi connectivity index (χ2v) is 6.69. The highest BCUT2D eigenvalue weighted by Gasteiger charge is 2.21. The van der Waals surface area contributed by atoms with Crippen molar-refractivity contribution in [2.24, 2.45) is 0 Å². The van der Waals surface area contributed by atoms with Crippen molar-refractivity contribution in [1.82, 2.24) is 20.0 Å². The van der Waals surface area contributed by atoms with E-state index in [4.69, 9.17) is 16.0 Å². The molecule has 1 aromatic heterocycles. The maximum atomic E-state index is 12.4. The number of likely N-dealkylation sites (tertiary alicyclic amines) is 1. The summed E-state index contributed by atoms with van der Waals surface area (Å²) in [5, 5.41) is 8.79. The van der Waals surface area contributed by atoms with Gasteiger partial charge in [-0.15, -0.1) is 10.2 Å². The molecule has 0 spiro atoms. The van der Waals surface area contributed by atoms with Crippen molar-refractivity contribution in [3.05, 3.63) is 35.2 Å². The second kappa shape index (κ2) is 8.45. The van der Waals surface area contributed by atoms with Crippen LogP contribution >= 0.6 is 11.6 Å². The lowest BCUT2D eigenvalue weighted by molar-refractivity contribution is -0.131. The Morgan fingerprint density at radius 3 is 2.76 bits per heavy atom. The molecule has 1 aromatic carbocycles. The van der Waals surface area contributed by atoms with E-state index in [-0.39, 0.29) is 5.91 Å². The summed E-state index contributed by atoms with van der Waals surface area (Å²) in [4.78, 5) is 16.4. The number of halogens is 1. The van der Waals surface area contributed by atoms with Crippen LogP contribution in [0, 0.1) is 0 Å². The largest absolute Gasteiger partial charge is 0.419 e. The highest BCUT2D eigenvalue weighted by molar-refractivity contribution is 6.33. The Morgan fingerprint density at radius 2 is 2.04 bits per heavy atom. The fourth-order valence-electron chi connectivity index (χ4n) is 3.04. The SMILES string of the molecule is CCCN(CC(=O)N1CCCC1)Cc1nnc(-c2ccccc2Cl)o1. The van der Waals surface area contributed by atoms with Crippen LogP contribution in [0.3, 0.4) is 0 Å². The maximum absolute atomic E-state index is 12.4. The van der Waals surface area contributed by atoms with Gasteiger partial charge < -0.3 is 9.32 Å². The quantitative estimate of drug-likeness (QED) is 0.756. The molecule has 0 N–H and O–H groups in total. The number of nitrogens with zero attached hydrogens (tertiary/aromatic N) is 4. The van der Waals surface area contributed by atoms with Crippen LogP contribution in [-0.2, 0) is 11.3 Å². The second-order valence-electron chi connectivity index (χ2n) is 6.28. The van der Waals surface area contributed by atoms with E-state index in [1.807, 2.05) is 23.1 Å². The van der Waals surface area contributed by atoms with Gasteiger partial charge in [0.1, 0.15) is 0 Å². The van der Waals surface area contributed by atoms with Crippen LogP contribution in [0.1, 0.15) is 32.1 Å². The Morgan fingerprint density at radius 1 is 1.28 bits per heavy atom. The lowest BCUT2D eigenvalue weighted by Crippen LogP contribution is -2.39. The number of amides is 1. The molecule has 0 radical (unpaired) electrons. The van der Waals surface area contributed by atoms with Crippen molar-refractivity contribution in [3.8, 4) is 11.5 Å². The molecule has 0 unspecified atom stereocenters. The molecule has 2 aromatic rings. The van der Waals surface area contributed by atoms with Gasteiger partial charge in [-0.1, -0.05) is 30.7 Å². The first kappa shape index (κ1) is 17.9. The van der Waals surface area contributed by atoms with E-state index >= 15 is 0 Å². The Hall–Kier alpha value is -1.92. The molecule has 2 heterocycles. The standard InChI is InChI=1S/C18H23ClN4O2/c1-2-9-22(13-17(24)23-10-5-6-11-23)12-16-20-21-18(25-16)14-7-3-4-8-15(14)19/h3-4,7-8H,2,5-6,9-13H2,1H3. The third kappa shape index (κ3) is 4.58. The van der Waals surface area contributed by atoms with Crippen molar-refractivity contribution in [2.75, 3.05) is 26.2 Å². The Balaban J connectivity index is 1.66. The number of carbonyl (C=O) groups is 1. The first-order valence-electron chi connectivity index (χ1n) is 8.74. The number of hydrogen-bond donors (Lipinski definition) is 0. The average Bonchev–Trinajstić information content (AvgIpc) is 3.27. The summed E-state index contributed by atoms with van der Waals surface area (Å²) >= 11 is 6.18. The Kier molecular flexibility index (Phi) is 6.04. The van der Waals surface area contributed by atoms with E-state index in [1.165, 1.54) is 0 Å². The molecule has 1 saturated heterocycles. The van der Waals surface area contributed by atoms with Crippen LogP contribution < -0.4 is 0 Å². The molecule has 1 aliphatic heterocycles. The van der Waals surface area contributed by atoms with Gasteiger partial charge in [0.05, 0.1) is 23.7 Å². The molecule has 0 bridgehead atoms. The third-order valence-corrected chi connectivity index (χ3v) is 4.62. The summed E-state index contributed by atoms with van der Waals surface area (Å²) in [6.45, 7) is 5.49. The molecular formula is C18H23ClN4O2.